The van der Waals surface area contributed by atoms with Crippen molar-refractivity contribution in [3.05, 3.63) is 78.4 Å². The van der Waals surface area contributed by atoms with Crippen molar-refractivity contribution in [2.24, 2.45) is 0 Å². The van der Waals surface area contributed by atoms with Crippen molar-refractivity contribution >= 4 is 6.08 Å². The van der Waals surface area contributed by atoms with Crippen LogP contribution in [0.2, 0.25) is 0 Å². The minimum atomic E-state index is -0.707. The number of hydrogen-bond donors (Lipinski definition) is 3. The van der Waals surface area contributed by atoms with Crippen LogP contribution in [-0.4, -0.2) is 69.7 Å². The van der Waals surface area contributed by atoms with Crippen LogP contribution in [0.15, 0.2) is 67.0 Å². The highest BCUT2D eigenvalue weighted by atomic mass is 16.5. The Hall–Kier alpha value is -2.97. The molecule has 0 amide bonds. The van der Waals surface area contributed by atoms with Crippen molar-refractivity contribution in [3.63, 3.8) is 0 Å². The fourth-order valence-corrected chi connectivity index (χ4v) is 3.59. The molecule has 0 aliphatic heterocycles. The molecule has 3 rings (SSSR count). The Labute approximate surface area is 195 Å². The van der Waals surface area contributed by atoms with Gasteiger partial charge in [-0.25, -0.2) is 4.98 Å². The third-order valence-corrected chi connectivity index (χ3v) is 5.24. The van der Waals surface area contributed by atoms with E-state index in [0.29, 0.717) is 12.4 Å². The monoisotopic (exact) mass is 451 g/mol. The molecular weight excluding hydrogens is 418 g/mol. The average molecular weight is 452 g/mol. The fourth-order valence-electron chi connectivity index (χ4n) is 3.59. The van der Waals surface area contributed by atoms with E-state index in [9.17, 15) is 15.3 Å². The van der Waals surface area contributed by atoms with Gasteiger partial charge in [-0.1, -0.05) is 48.6 Å². The Bertz CT molecular complexity index is 1010. The number of benzene rings is 2. The molecule has 3 atom stereocenters. The fraction of sp³-hybridized carbons (Fsp3) is 0.346. The molecule has 176 valence electrons. The standard InChI is InChI=1S/C26H33N3O4/c1-19(31)26-27-14-15-29(26)23(17-30)11-6-20-4-7-21(8-5-20)22-9-12-25(13-10-22)33-18-24(32)16-28(2)3/h4-15,19,23-24,30-32H,16-18H2,1-3H3/t19-,23?,24-/m0/s1. The maximum Gasteiger partial charge on any atom is 0.137 e. The molecule has 0 aliphatic carbocycles. The van der Waals surface area contributed by atoms with Gasteiger partial charge < -0.3 is 29.5 Å². The third-order valence-electron chi connectivity index (χ3n) is 5.24. The van der Waals surface area contributed by atoms with Crippen molar-refractivity contribution in [2.45, 2.75) is 25.2 Å². The van der Waals surface area contributed by atoms with Gasteiger partial charge in [0.15, 0.2) is 0 Å². The number of aliphatic hydroxyl groups is 3. The Kier molecular flexibility index (Phi) is 8.79. The summed E-state index contributed by atoms with van der Waals surface area (Å²) in [7, 11) is 3.83. The first kappa shape index (κ1) is 24.7. The number of likely N-dealkylation sites (N-methyl/N-ethyl adjacent to an activating group) is 1. The second-order valence-corrected chi connectivity index (χ2v) is 8.35. The zero-order chi connectivity index (χ0) is 23.8. The molecule has 0 fully saturated rings. The van der Waals surface area contributed by atoms with Crippen molar-refractivity contribution in [1.82, 2.24) is 14.5 Å². The van der Waals surface area contributed by atoms with E-state index >= 15 is 0 Å². The molecule has 7 nitrogen and oxygen atoms in total. The second kappa shape index (κ2) is 11.8. The van der Waals surface area contributed by atoms with E-state index in [4.69, 9.17) is 4.74 Å². The third kappa shape index (κ3) is 7.00. The van der Waals surface area contributed by atoms with Crippen LogP contribution in [0.3, 0.4) is 0 Å². The molecule has 1 aromatic heterocycles. The lowest BCUT2D eigenvalue weighted by atomic mass is 10.0. The van der Waals surface area contributed by atoms with Crippen LogP contribution < -0.4 is 4.74 Å². The van der Waals surface area contributed by atoms with Crippen molar-refractivity contribution in [1.29, 1.82) is 0 Å². The molecule has 3 N–H and O–H groups in total. The molecule has 1 heterocycles. The summed E-state index contributed by atoms with van der Waals surface area (Å²) in [4.78, 5) is 6.09. The number of hydrogen-bond acceptors (Lipinski definition) is 6. The molecule has 0 spiro atoms. The van der Waals surface area contributed by atoms with Crippen LogP contribution in [0, 0.1) is 0 Å². The number of nitrogens with zero attached hydrogens (tertiary/aromatic N) is 3. The number of aromatic nitrogens is 2. The summed E-state index contributed by atoms with van der Waals surface area (Å²) in [5.41, 5.74) is 3.15. The number of ether oxygens (including phenoxy) is 1. The Morgan fingerprint density at radius 3 is 2.24 bits per heavy atom. The summed E-state index contributed by atoms with van der Waals surface area (Å²) in [5.74, 6) is 1.25. The van der Waals surface area contributed by atoms with Crippen LogP contribution in [-0.2, 0) is 0 Å². The first-order valence-corrected chi connectivity index (χ1v) is 11.0. The summed E-state index contributed by atoms with van der Waals surface area (Å²) < 4.78 is 7.45. The lowest BCUT2D eigenvalue weighted by Crippen LogP contribution is -2.30. The van der Waals surface area contributed by atoms with Crippen LogP contribution in [0.25, 0.3) is 17.2 Å². The molecule has 0 saturated carbocycles. The molecule has 3 aromatic rings. The van der Waals surface area contributed by atoms with E-state index in [1.807, 2.05) is 79.7 Å². The van der Waals surface area contributed by atoms with Crippen molar-refractivity contribution in [3.8, 4) is 16.9 Å². The topological polar surface area (TPSA) is 91.0 Å². The lowest BCUT2D eigenvalue weighted by Gasteiger charge is -2.16. The van der Waals surface area contributed by atoms with E-state index in [1.54, 1.807) is 23.9 Å². The molecule has 0 bridgehead atoms. The quantitative estimate of drug-likeness (QED) is 0.415. The van der Waals surface area contributed by atoms with E-state index in [2.05, 4.69) is 4.98 Å². The maximum atomic E-state index is 9.92. The van der Waals surface area contributed by atoms with E-state index in [1.165, 1.54) is 0 Å². The maximum absolute atomic E-state index is 9.92. The second-order valence-electron chi connectivity index (χ2n) is 8.35. The Morgan fingerprint density at radius 2 is 1.67 bits per heavy atom. The first-order valence-electron chi connectivity index (χ1n) is 11.0. The molecule has 33 heavy (non-hydrogen) atoms. The molecule has 0 aliphatic rings. The van der Waals surface area contributed by atoms with Gasteiger partial charge in [0.1, 0.15) is 30.4 Å². The largest absolute Gasteiger partial charge is 0.491 e. The molecule has 0 radical (unpaired) electrons. The highest BCUT2D eigenvalue weighted by Gasteiger charge is 2.14. The summed E-state index contributed by atoms with van der Waals surface area (Å²) in [6.07, 6.45) is 5.99. The van der Waals surface area contributed by atoms with Crippen molar-refractivity contribution in [2.75, 3.05) is 33.9 Å². The number of aliphatic hydroxyl groups excluding tert-OH is 3. The van der Waals surface area contributed by atoms with Gasteiger partial charge >= 0.3 is 0 Å². The Morgan fingerprint density at radius 1 is 1.03 bits per heavy atom. The lowest BCUT2D eigenvalue weighted by molar-refractivity contribution is 0.0831. The van der Waals surface area contributed by atoms with E-state index in [-0.39, 0.29) is 19.3 Å². The molecule has 2 aromatic carbocycles. The first-order chi connectivity index (χ1) is 15.9. The van der Waals surface area contributed by atoms with Crippen LogP contribution >= 0.6 is 0 Å². The van der Waals surface area contributed by atoms with Crippen LogP contribution in [0.5, 0.6) is 5.75 Å². The van der Waals surface area contributed by atoms with E-state index in [0.717, 1.165) is 22.4 Å². The summed E-state index contributed by atoms with van der Waals surface area (Å²) in [5, 5.41) is 29.6. The molecular formula is C26H33N3O4. The van der Waals surface area contributed by atoms with Gasteiger partial charge in [-0.2, -0.15) is 0 Å². The minimum Gasteiger partial charge on any atom is -0.491 e. The number of imidazole rings is 1. The van der Waals surface area contributed by atoms with Gasteiger partial charge in [0, 0.05) is 18.9 Å². The SMILES string of the molecule is C[C@H](O)c1nccn1C(C=Cc1ccc(-c2ccc(OC[C@@H](O)CN(C)C)cc2)cc1)CO. The molecule has 1 unspecified atom stereocenters. The van der Waals surface area contributed by atoms with Gasteiger partial charge in [0.25, 0.3) is 0 Å². The molecule has 7 heteroatoms. The summed E-state index contributed by atoms with van der Waals surface area (Å²) in [6, 6.07) is 15.6. The number of rotatable bonds is 11. The summed E-state index contributed by atoms with van der Waals surface area (Å²) in [6.45, 7) is 2.38. The van der Waals surface area contributed by atoms with Gasteiger partial charge in [-0.15, -0.1) is 0 Å². The van der Waals surface area contributed by atoms with Gasteiger partial charge in [0.05, 0.1) is 12.6 Å². The smallest absolute Gasteiger partial charge is 0.137 e. The predicted octanol–water partition coefficient (Wildman–Crippen LogP) is 3.15. The minimum absolute atomic E-state index is 0.0920. The zero-order valence-electron chi connectivity index (χ0n) is 19.4. The van der Waals surface area contributed by atoms with Crippen LogP contribution in [0.4, 0.5) is 0 Å². The predicted molar refractivity (Wildman–Crippen MR) is 130 cm³/mol. The van der Waals surface area contributed by atoms with Crippen molar-refractivity contribution < 1.29 is 20.1 Å². The van der Waals surface area contributed by atoms with Gasteiger partial charge in [-0.05, 0) is 49.8 Å². The van der Waals surface area contributed by atoms with E-state index < -0.39 is 12.2 Å². The highest BCUT2D eigenvalue weighted by Crippen LogP contribution is 2.24. The highest BCUT2D eigenvalue weighted by molar-refractivity contribution is 5.66. The average Bonchev–Trinajstić information content (AvgIpc) is 3.29. The summed E-state index contributed by atoms with van der Waals surface area (Å²) >= 11 is 0. The van der Waals surface area contributed by atoms with Gasteiger partial charge in [0.2, 0.25) is 0 Å². The Balaban J connectivity index is 1.62. The molecule has 0 saturated heterocycles. The zero-order valence-corrected chi connectivity index (χ0v) is 19.4. The van der Waals surface area contributed by atoms with Gasteiger partial charge in [-0.3, -0.25) is 0 Å². The normalized spacial score (nSPS) is 14.5. The van der Waals surface area contributed by atoms with Crippen LogP contribution in [0.1, 0.15) is 30.5 Å².